The Bertz CT molecular complexity index is 1070. The molecule has 2 aromatic rings. The molecule has 0 spiro atoms. The second kappa shape index (κ2) is 7.92. The number of anilines is 1. The quantitative estimate of drug-likeness (QED) is 0.527. The van der Waals surface area contributed by atoms with E-state index in [1.54, 1.807) is 4.90 Å². The largest absolute Gasteiger partial charge is 0.370 e. The summed E-state index contributed by atoms with van der Waals surface area (Å²) >= 11 is 0. The third-order valence-corrected chi connectivity index (χ3v) is 7.70. The Balaban J connectivity index is 1.72. The standard InChI is InChI=1S/C20H21F2N3O4S/c21-16-4-3-5-17(22)20(16)14-8-11-23(13-14)18-7-6-15(25(26)27)12-19(18)30(28,29)24-9-1-2-10-24/h3-7,12,14H,1-2,8-11,13H2. The van der Waals surface area contributed by atoms with Crippen molar-refractivity contribution in [3.05, 3.63) is 63.7 Å². The highest BCUT2D eigenvalue weighted by atomic mass is 32.2. The lowest BCUT2D eigenvalue weighted by Gasteiger charge is -2.24. The van der Waals surface area contributed by atoms with E-state index in [4.69, 9.17) is 0 Å². The van der Waals surface area contributed by atoms with Crippen LogP contribution in [0.15, 0.2) is 41.3 Å². The number of nitro groups is 1. The van der Waals surface area contributed by atoms with Crippen LogP contribution in [0.2, 0.25) is 0 Å². The lowest BCUT2D eigenvalue weighted by molar-refractivity contribution is -0.385. The fraction of sp³-hybridized carbons (Fsp3) is 0.400. The predicted molar refractivity (Wildman–Crippen MR) is 107 cm³/mol. The molecule has 0 bridgehead atoms. The van der Waals surface area contributed by atoms with Crippen LogP contribution in [0.1, 0.15) is 30.7 Å². The molecule has 2 heterocycles. The van der Waals surface area contributed by atoms with E-state index >= 15 is 0 Å². The van der Waals surface area contributed by atoms with Crippen LogP contribution in [0.25, 0.3) is 0 Å². The highest BCUT2D eigenvalue weighted by molar-refractivity contribution is 7.89. The summed E-state index contributed by atoms with van der Waals surface area (Å²) in [6.45, 7) is 1.35. The first-order chi connectivity index (χ1) is 14.3. The normalized spacial score (nSPS) is 20.1. The molecular formula is C20H21F2N3O4S. The fourth-order valence-corrected chi connectivity index (χ4v) is 6.02. The Morgan fingerprint density at radius 2 is 1.70 bits per heavy atom. The van der Waals surface area contributed by atoms with Gasteiger partial charge in [0, 0.05) is 49.8 Å². The summed E-state index contributed by atoms with van der Waals surface area (Å²) in [5.41, 5.74) is 0.00465. The molecule has 2 aromatic carbocycles. The van der Waals surface area contributed by atoms with E-state index in [2.05, 4.69) is 0 Å². The van der Waals surface area contributed by atoms with E-state index in [-0.39, 0.29) is 22.7 Å². The smallest absolute Gasteiger partial charge is 0.270 e. The monoisotopic (exact) mass is 437 g/mol. The van der Waals surface area contributed by atoms with Crippen molar-refractivity contribution < 1.29 is 22.1 Å². The molecule has 0 aromatic heterocycles. The molecule has 10 heteroatoms. The summed E-state index contributed by atoms with van der Waals surface area (Å²) in [5, 5.41) is 11.2. The van der Waals surface area contributed by atoms with Crippen LogP contribution in [0.5, 0.6) is 0 Å². The summed E-state index contributed by atoms with van der Waals surface area (Å²) in [5.74, 6) is -1.70. The fourth-order valence-electron chi connectivity index (χ4n) is 4.27. The van der Waals surface area contributed by atoms with Gasteiger partial charge in [0.1, 0.15) is 16.5 Å². The topological polar surface area (TPSA) is 83.8 Å². The molecule has 4 rings (SSSR count). The van der Waals surface area contributed by atoms with Gasteiger partial charge < -0.3 is 4.90 Å². The molecular weight excluding hydrogens is 416 g/mol. The second-order valence-electron chi connectivity index (χ2n) is 7.59. The van der Waals surface area contributed by atoms with E-state index in [1.807, 2.05) is 0 Å². The summed E-state index contributed by atoms with van der Waals surface area (Å²) in [4.78, 5) is 12.2. The van der Waals surface area contributed by atoms with Crippen molar-refractivity contribution in [2.24, 2.45) is 0 Å². The molecule has 0 radical (unpaired) electrons. The zero-order valence-electron chi connectivity index (χ0n) is 16.1. The van der Waals surface area contributed by atoms with Crippen LogP contribution < -0.4 is 4.90 Å². The number of nitro benzene ring substituents is 1. The molecule has 2 fully saturated rings. The van der Waals surface area contributed by atoms with Crippen LogP contribution in [-0.4, -0.2) is 43.8 Å². The third-order valence-electron chi connectivity index (χ3n) is 5.77. The third kappa shape index (κ3) is 3.65. The highest BCUT2D eigenvalue weighted by Gasteiger charge is 2.35. The maximum absolute atomic E-state index is 14.2. The molecule has 7 nitrogen and oxygen atoms in total. The van der Waals surface area contributed by atoms with Crippen molar-refractivity contribution in [1.29, 1.82) is 0 Å². The maximum Gasteiger partial charge on any atom is 0.270 e. The van der Waals surface area contributed by atoms with E-state index < -0.39 is 32.5 Å². The van der Waals surface area contributed by atoms with Gasteiger partial charge in [0.05, 0.1) is 10.6 Å². The zero-order chi connectivity index (χ0) is 21.5. The average Bonchev–Trinajstić information content (AvgIpc) is 3.40. The summed E-state index contributed by atoms with van der Waals surface area (Å²) in [6, 6.07) is 7.47. The Morgan fingerprint density at radius 3 is 2.33 bits per heavy atom. The van der Waals surface area contributed by atoms with Crippen molar-refractivity contribution >= 4 is 21.4 Å². The van der Waals surface area contributed by atoms with Crippen molar-refractivity contribution in [2.45, 2.75) is 30.1 Å². The minimum atomic E-state index is -3.92. The molecule has 2 aliphatic heterocycles. The molecule has 0 aliphatic carbocycles. The van der Waals surface area contributed by atoms with Gasteiger partial charge >= 0.3 is 0 Å². The number of sulfonamides is 1. The highest BCUT2D eigenvalue weighted by Crippen LogP contribution is 2.38. The Morgan fingerprint density at radius 1 is 1.03 bits per heavy atom. The molecule has 2 saturated heterocycles. The predicted octanol–water partition coefficient (Wildman–Crippen LogP) is 3.65. The summed E-state index contributed by atoms with van der Waals surface area (Å²) in [6.07, 6.45) is 1.92. The molecule has 1 unspecified atom stereocenters. The number of benzene rings is 2. The SMILES string of the molecule is O=[N+]([O-])c1ccc(N2CCC(c3c(F)cccc3F)C2)c(S(=O)(=O)N2CCCC2)c1. The van der Waals surface area contributed by atoms with Gasteiger partial charge in [-0.25, -0.2) is 17.2 Å². The van der Waals surface area contributed by atoms with Gasteiger partial charge in [0.2, 0.25) is 10.0 Å². The van der Waals surface area contributed by atoms with Gasteiger partial charge in [-0.1, -0.05) is 6.07 Å². The van der Waals surface area contributed by atoms with Crippen LogP contribution in [0, 0.1) is 21.7 Å². The Kier molecular flexibility index (Phi) is 5.46. The van der Waals surface area contributed by atoms with Crippen molar-refractivity contribution in [1.82, 2.24) is 4.31 Å². The number of halogens is 2. The van der Waals surface area contributed by atoms with E-state index in [1.165, 1.54) is 34.6 Å². The first-order valence-electron chi connectivity index (χ1n) is 9.76. The van der Waals surface area contributed by atoms with Crippen LogP contribution in [0.4, 0.5) is 20.2 Å². The molecule has 0 amide bonds. The van der Waals surface area contributed by atoms with Gasteiger partial charge in [0.25, 0.3) is 5.69 Å². The number of non-ortho nitro benzene ring substituents is 1. The van der Waals surface area contributed by atoms with Crippen molar-refractivity contribution in [2.75, 3.05) is 31.1 Å². The number of hydrogen-bond donors (Lipinski definition) is 0. The van der Waals surface area contributed by atoms with Gasteiger partial charge in [-0.3, -0.25) is 10.1 Å². The zero-order valence-corrected chi connectivity index (χ0v) is 16.9. The lowest BCUT2D eigenvalue weighted by atomic mass is 9.97. The molecule has 160 valence electrons. The van der Waals surface area contributed by atoms with E-state index in [9.17, 15) is 27.3 Å². The second-order valence-corrected chi connectivity index (χ2v) is 9.49. The molecule has 30 heavy (non-hydrogen) atoms. The first-order valence-corrected chi connectivity index (χ1v) is 11.2. The summed E-state index contributed by atoms with van der Waals surface area (Å²) in [7, 11) is -3.92. The number of hydrogen-bond acceptors (Lipinski definition) is 5. The molecule has 1 atom stereocenters. The van der Waals surface area contributed by atoms with Crippen LogP contribution >= 0.6 is 0 Å². The minimum absolute atomic E-state index is 0.00846. The van der Waals surface area contributed by atoms with Crippen LogP contribution in [-0.2, 0) is 10.0 Å². The average molecular weight is 437 g/mol. The minimum Gasteiger partial charge on any atom is -0.370 e. The van der Waals surface area contributed by atoms with Crippen molar-refractivity contribution in [3.8, 4) is 0 Å². The van der Waals surface area contributed by atoms with Gasteiger partial charge in [-0.2, -0.15) is 4.31 Å². The maximum atomic E-state index is 14.2. The van der Waals surface area contributed by atoms with Crippen LogP contribution in [0.3, 0.4) is 0 Å². The van der Waals surface area contributed by atoms with Gasteiger partial charge in [-0.15, -0.1) is 0 Å². The molecule has 2 aliphatic rings. The van der Waals surface area contributed by atoms with E-state index in [0.29, 0.717) is 31.7 Å². The number of rotatable bonds is 5. The van der Waals surface area contributed by atoms with Gasteiger partial charge in [-0.05, 0) is 37.5 Å². The van der Waals surface area contributed by atoms with Gasteiger partial charge in [0.15, 0.2) is 0 Å². The first kappa shape index (κ1) is 20.7. The number of nitrogens with zero attached hydrogens (tertiary/aromatic N) is 3. The van der Waals surface area contributed by atoms with Crippen molar-refractivity contribution in [3.63, 3.8) is 0 Å². The Hall–Kier alpha value is -2.59. The lowest BCUT2D eigenvalue weighted by Crippen LogP contribution is -2.30. The Labute approximate surface area is 173 Å². The molecule has 0 N–H and O–H groups in total. The summed E-state index contributed by atoms with van der Waals surface area (Å²) < 4.78 is 56.2. The van der Waals surface area contributed by atoms with E-state index in [0.717, 1.165) is 18.9 Å². The molecule has 0 saturated carbocycles.